The van der Waals surface area contributed by atoms with Gasteiger partial charge in [-0.1, -0.05) is 0 Å². The molecule has 1 unspecified atom stereocenters. The topological polar surface area (TPSA) is 82.6 Å². The third-order valence-corrected chi connectivity index (χ3v) is 9.27. The second-order valence-corrected chi connectivity index (χ2v) is 12.3. The minimum absolute atomic E-state index is 0.0517. The van der Waals surface area contributed by atoms with Crippen molar-refractivity contribution in [2.24, 2.45) is 5.92 Å². The molecule has 0 saturated heterocycles. The molecule has 1 saturated carbocycles. The first kappa shape index (κ1) is 30.5. The summed E-state index contributed by atoms with van der Waals surface area (Å²) in [5, 5.41) is 0. The molecule has 2 rings (SSSR count). The predicted molar refractivity (Wildman–Crippen MR) is 143 cm³/mol. The highest BCUT2D eigenvalue weighted by Gasteiger charge is 2.29. The lowest BCUT2D eigenvalue weighted by molar-refractivity contribution is -0.135. The Balaban J connectivity index is 1.76. The van der Waals surface area contributed by atoms with E-state index in [0.717, 1.165) is 32.5 Å². The maximum Gasteiger partial charge on any atom is 0.248 e. The Kier molecular flexibility index (Phi) is 11.6. The second kappa shape index (κ2) is 13.7. The van der Waals surface area contributed by atoms with Crippen LogP contribution < -0.4 is 4.74 Å². The fourth-order valence-corrected chi connectivity index (χ4v) is 6.38. The van der Waals surface area contributed by atoms with Gasteiger partial charge in [-0.25, -0.2) is 8.42 Å². The number of benzene rings is 1. The zero-order chi connectivity index (χ0) is 27.0. The van der Waals surface area contributed by atoms with Crippen LogP contribution in [-0.4, -0.2) is 121 Å². The van der Waals surface area contributed by atoms with Gasteiger partial charge in [0.15, 0.2) is 0 Å². The van der Waals surface area contributed by atoms with Crippen LogP contribution >= 0.6 is 0 Å². The zero-order valence-corrected chi connectivity index (χ0v) is 24.2. The number of rotatable bonds is 14. The summed E-state index contributed by atoms with van der Waals surface area (Å²) in [7, 11) is 7.59. The molecule has 1 aliphatic carbocycles. The maximum atomic E-state index is 13.1. The minimum atomic E-state index is -3.68. The Morgan fingerprint density at radius 1 is 1.00 bits per heavy atom. The van der Waals surface area contributed by atoms with Crippen molar-refractivity contribution in [1.29, 1.82) is 0 Å². The molecule has 0 aromatic heterocycles. The van der Waals surface area contributed by atoms with Gasteiger partial charge in [-0.3, -0.25) is 4.79 Å². The van der Waals surface area contributed by atoms with E-state index in [-0.39, 0.29) is 30.6 Å². The monoisotopic (exact) mass is 526 g/mol. The number of ether oxygens (including phenoxy) is 2. The quantitative estimate of drug-likeness (QED) is 0.343. The molecule has 1 amide bonds. The number of amides is 1. The van der Waals surface area contributed by atoms with Gasteiger partial charge in [-0.15, -0.1) is 0 Å². The highest BCUT2D eigenvalue weighted by molar-refractivity contribution is 7.89. The normalized spacial score (nSPS) is 18.4. The summed E-state index contributed by atoms with van der Waals surface area (Å²) in [6, 6.07) is 4.01. The number of aryl methyl sites for hydroxylation is 2. The summed E-state index contributed by atoms with van der Waals surface area (Å²) >= 11 is 0. The van der Waals surface area contributed by atoms with Crippen molar-refractivity contribution in [3.05, 3.63) is 23.3 Å². The summed E-state index contributed by atoms with van der Waals surface area (Å²) in [6.45, 7) is 6.59. The lowest BCUT2D eigenvalue weighted by Gasteiger charge is -2.26. The van der Waals surface area contributed by atoms with Crippen LogP contribution in [0.2, 0.25) is 0 Å². The van der Waals surface area contributed by atoms with Crippen molar-refractivity contribution < 1.29 is 22.7 Å². The van der Waals surface area contributed by atoms with Gasteiger partial charge < -0.3 is 24.2 Å². The number of nitrogens with zero attached hydrogens (tertiary/aromatic N) is 4. The van der Waals surface area contributed by atoms with E-state index in [0.29, 0.717) is 28.8 Å². The number of carbonyl (C=O) groups excluding carboxylic acids is 1. The molecule has 0 aliphatic heterocycles. The van der Waals surface area contributed by atoms with Crippen LogP contribution in [0.5, 0.6) is 5.75 Å². The molecule has 0 bridgehead atoms. The number of carbonyl (C=O) groups is 1. The standard InChI is InChI=1S/C26H46N4O5S/c1-20-15-24(34-8)16-21(2)26(20)36(32,33)30(7)13-14-35-19-25(31)29(6)18-22-9-10-23(17-22)28(5)12-11-27(3)4/h15-16,22-23H,9-14,17-19H2,1-8H3/t22-,23?/m0/s1. The third kappa shape index (κ3) is 8.41. The maximum absolute atomic E-state index is 13.1. The Labute approximate surface area is 218 Å². The molecule has 1 aliphatic rings. The van der Waals surface area contributed by atoms with Crippen LogP contribution in [-0.2, 0) is 19.6 Å². The van der Waals surface area contributed by atoms with Gasteiger partial charge in [0.05, 0.1) is 18.6 Å². The lowest BCUT2D eigenvalue weighted by Crippen LogP contribution is -2.37. The molecule has 0 heterocycles. The number of methoxy groups -OCH3 is 1. The number of hydrogen-bond acceptors (Lipinski definition) is 7. The van der Waals surface area contributed by atoms with Gasteiger partial charge in [0.1, 0.15) is 12.4 Å². The van der Waals surface area contributed by atoms with E-state index in [1.165, 1.54) is 17.8 Å². The van der Waals surface area contributed by atoms with Gasteiger partial charge in [-0.05, 0) is 83.4 Å². The Bertz CT molecular complexity index is 946. The summed E-state index contributed by atoms with van der Waals surface area (Å²) < 4.78 is 38.3. The van der Waals surface area contributed by atoms with Crippen molar-refractivity contribution in [3.8, 4) is 5.75 Å². The van der Waals surface area contributed by atoms with E-state index >= 15 is 0 Å². The van der Waals surface area contributed by atoms with Gasteiger partial charge >= 0.3 is 0 Å². The highest BCUT2D eigenvalue weighted by Crippen LogP contribution is 2.29. The van der Waals surface area contributed by atoms with E-state index in [2.05, 4.69) is 30.9 Å². The number of likely N-dealkylation sites (N-methyl/N-ethyl adjacent to an activating group) is 4. The van der Waals surface area contributed by atoms with Crippen molar-refractivity contribution in [1.82, 2.24) is 19.0 Å². The van der Waals surface area contributed by atoms with Gasteiger partial charge in [0, 0.05) is 46.3 Å². The molecular formula is C26H46N4O5S. The fraction of sp³-hybridized carbons (Fsp3) is 0.731. The lowest BCUT2D eigenvalue weighted by atomic mass is 10.1. The minimum Gasteiger partial charge on any atom is -0.497 e. The first-order valence-electron chi connectivity index (χ1n) is 12.6. The molecule has 0 spiro atoms. The van der Waals surface area contributed by atoms with E-state index in [9.17, 15) is 13.2 Å². The van der Waals surface area contributed by atoms with Crippen LogP contribution in [0.4, 0.5) is 0 Å². The van der Waals surface area contributed by atoms with Gasteiger partial charge in [0.2, 0.25) is 15.9 Å². The van der Waals surface area contributed by atoms with Crippen molar-refractivity contribution in [2.45, 2.75) is 44.0 Å². The molecule has 2 atom stereocenters. The summed E-state index contributed by atoms with van der Waals surface area (Å²) in [4.78, 5) is 19.2. The van der Waals surface area contributed by atoms with Gasteiger partial charge in [-0.2, -0.15) is 4.31 Å². The highest BCUT2D eigenvalue weighted by atomic mass is 32.2. The predicted octanol–water partition coefficient (Wildman–Crippen LogP) is 2.07. The van der Waals surface area contributed by atoms with E-state index < -0.39 is 10.0 Å². The number of hydrogen-bond donors (Lipinski definition) is 0. The average molecular weight is 527 g/mol. The Morgan fingerprint density at radius 3 is 2.22 bits per heavy atom. The molecule has 36 heavy (non-hydrogen) atoms. The molecule has 0 N–H and O–H groups in total. The molecule has 9 nitrogen and oxygen atoms in total. The van der Waals surface area contributed by atoms with Gasteiger partial charge in [0.25, 0.3) is 0 Å². The van der Waals surface area contributed by atoms with Crippen LogP contribution in [0.1, 0.15) is 30.4 Å². The van der Waals surface area contributed by atoms with E-state index in [4.69, 9.17) is 9.47 Å². The fourth-order valence-electron chi connectivity index (χ4n) is 4.82. The van der Waals surface area contributed by atoms with E-state index in [1.807, 2.05) is 7.05 Å². The Hall–Kier alpha value is -1.72. The average Bonchev–Trinajstić information content (AvgIpc) is 3.27. The summed E-state index contributed by atoms with van der Waals surface area (Å²) in [6.07, 6.45) is 3.40. The van der Waals surface area contributed by atoms with E-state index in [1.54, 1.807) is 38.0 Å². The zero-order valence-electron chi connectivity index (χ0n) is 23.4. The van der Waals surface area contributed by atoms with Crippen LogP contribution in [0.15, 0.2) is 17.0 Å². The molecule has 10 heteroatoms. The number of sulfonamides is 1. The first-order valence-corrected chi connectivity index (χ1v) is 14.1. The van der Waals surface area contributed by atoms with Crippen LogP contribution in [0.25, 0.3) is 0 Å². The molecule has 1 fully saturated rings. The molecule has 0 radical (unpaired) electrons. The van der Waals surface area contributed by atoms with Crippen molar-refractivity contribution >= 4 is 15.9 Å². The third-order valence-electron chi connectivity index (χ3n) is 7.11. The largest absolute Gasteiger partial charge is 0.497 e. The molecule has 1 aromatic carbocycles. The SMILES string of the molecule is COc1cc(C)c(S(=O)(=O)N(C)CCOCC(=O)N(C)C[C@H]2CCC(N(C)CCN(C)C)C2)c(C)c1. The summed E-state index contributed by atoms with van der Waals surface area (Å²) in [5.74, 6) is 1.05. The van der Waals surface area contributed by atoms with Crippen molar-refractivity contribution in [2.75, 3.05) is 81.7 Å². The summed E-state index contributed by atoms with van der Waals surface area (Å²) in [5.41, 5.74) is 1.27. The van der Waals surface area contributed by atoms with Crippen molar-refractivity contribution in [3.63, 3.8) is 0 Å². The first-order chi connectivity index (χ1) is 16.9. The Morgan fingerprint density at radius 2 is 1.64 bits per heavy atom. The molecule has 1 aromatic rings. The van der Waals surface area contributed by atoms with Crippen LogP contribution in [0.3, 0.4) is 0 Å². The second-order valence-electron chi connectivity index (χ2n) is 10.4. The van der Waals surface area contributed by atoms with Crippen LogP contribution in [0, 0.1) is 19.8 Å². The molecular weight excluding hydrogens is 480 g/mol. The smallest absolute Gasteiger partial charge is 0.248 e. The molecule has 206 valence electrons.